The summed E-state index contributed by atoms with van der Waals surface area (Å²) >= 11 is 0. The topological polar surface area (TPSA) is 9.23 Å². The van der Waals surface area contributed by atoms with E-state index in [1.807, 2.05) is 0 Å². The Kier molecular flexibility index (Phi) is 6.55. The Bertz CT molecular complexity index is 656. The van der Waals surface area contributed by atoms with Crippen LogP contribution in [0.5, 0.6) is 5.75 Å². The van der Waals surface area contributed by atoms with E-state index in [-0.39, 0.29) is 0 Å². The number of aryl methyl sites for hydroxylation is 1. The van der Waals surface area contributed by atoms with Gasteiger partial charge in [0.2, 0.25) is 0 Å². The van der Waals surface area contributed by atoms with Gasteiger partial charge in [-0.3, -0.25) is 0 Å². The molecule has 1 atom stereocenters. The molecule has 0 N–H and O–H groups in total. The molecule has 0 amide bonds. The summed E-state index contributed by atoms with van der Waals surface area (Å²) in [6, 6.07) is 15.7. The Balaban J connectivity index is 1.61. The third kappa shape index (κ3) is 4.87. The maximum Gasteiger partial charge on any atom is 0.119 e. The smallest absolute Gasteiger partial charge is 0.119 e. The minimum absolute atomic E-state index is 0.830. The molecular formula is C24H32O. The van der Waals surface area contributed by atoms with Crippen molar-refractivity contribution in [1.82, 2.24) is 0 Å². The van der Waals surface area contributed by atoms with Gasteiger partial charge < -0.3 is 4.74 Å². The van der Waals surface area contributed by atoms with Crippen LogP contribution < -0.4 is 4.74 Å². The molecule has 1 heteroatoms. The minimum atomic E-state index is 0.830. The molecule has 0 saturated carbocycles. The van der Waals surface area contributed by atoms with Crippen LogP contribution in [0.2, 0.25) is 0 Å². The van der Waals surface area contributed by atoms with E-state index >= 15 is 0 Å². The van der Waals surface area contributed by atoms with E-state index in [4.69, 9.17) is 4.74 Å². The first kappa shape index (κ1) is 18.0. The molecule has 2 aromatic rings. The van der Waals surface area contributed by atoms with Crippen molar-refractivity contribution in [2.75, 3.05) is 6.61 Å². The lowest BCUT2D eigenvalue weighted by molar-refractivity contribution is 0.305. The van der Waals surface area contributed by atoms with Crippen molar-refractivity contribution in [2.24, 2.45) is 5.92 Å². The molecular weight excluding hydrogens is 304 g/mol. The van der Waals surface area contributed by atoms with E-state index < -0.39 is 0 Å². The van der Waals surface area contributed by atoms with Gasteiger partial charge in [0.05, 0.1) is 6.61 Å². The van der Waals surface area contributed by atoms with Crippen molar-refractivity contribution in [3.05, 3.63) is 53.6 Å². The fraction of sp³-hybridized carbons (Fsp3) is 0.500. The van der Waals surface area contributed by atoms with E-state index in [1.54, 1.807) is 11.1 Å². The molecule has 0 fully saturated rings. The predicted octanol–water partition coefficient (Wildman–Crippen LogP) is 6.83. The van der Waals surface area contributed by atoms with Gasteiger partial charge in [-0.15, -0.1) is 0 Å². The number of ether oxygens (including phenoxy) is 1. The number of benzene rings is 2. The molecule has 25 heavy (non-hydrogen) atoms. The molecule has 0 aliphatic heterocycles. The summed E-state index contributed by atoms with van der Waals surface area (Å²) in [5, 5.41) is 0. The molecule has 0 radical (unpaired) electrons. The summed E-state index contributed by atoms with van der Waals surface area (Å²) in [6.07, 6.45) is 10.1. The zero-order valence-electron chi connectivity index (χ0n) is 15.9. The quantitative estimate of drug-likeness (QED) is 0.480. The lowest BCUT2D eigenvalue weighted by Crippen LogP contribution is -2.13. The average Bonchev–Trinajstić information content (AvgIpc) is 2.67. The Labute approximate surface area is 153 Å². The largest absolute Gasteiger partial charge is 0.494 e. The van der Waals surface area contributed by atoms with Gasteiger partial charge in [-0.05, 0) is 66.0 Å². The van der Waals surface area contributed by atoms with Crippen LogP contribution in [0.1, 0.15) is 63.5 Å². The van der Waals surface area contributed by atoms with E-state index in [1.165, 1.54) is 56.1 Å². The van der Waals surface area contributed by atoms with Gasteiger partial charge in [0.15, 0.2) is 0 Å². The minimum Gasteiger partial charge on any atom is -0.494 e. The molecule has 0 aromatic heterocycles. The summed E-state index contributed by atoms with van der Waals surface area (Å²) in [5.41, 5.74) is 5.74. The maximum atomic E-state index is 5.86. The molecule has 2 aromatic carbocycles. The maximum absolute atomic E-state index is 5.86. The molecule has 134 valence electrons. The highest BCUT2D eigenvalue weighted by Gasteiger charge is 2.17. The van der Waals surface area contributed by atoms with E-state index in [0.717, 1.165) is 24.7 Å². The summed E-state index contributed by atoms with van der Waals surface area (Å²) < 4.78 is 5.86. The van der Waals surface area contributed by atoms with Crippen LogP contribution in [0.15, 0.2) is 42.5 Å². The normalized spacial score (nSPS) is 16.5. The molecule has 0 heterocycles. The molecule has 1 nitrogen and oxygen atoms in total. The van der Waals surface area contributed by atoms with E-state index in [2.05, 4.69) is 56.3 Å². The highest BCUT2D eigenvalue weighted by atomic mass is 16.5. The number of hydrogen-bond acceptors (Lipinski definition) is 1. The molecule has 1 aliphatic rings. The number of unbranched alkanes of at least 4 members (excludes halogenated alkanes) is 3. The number of fused-ring (bicyclic) bond motifs is 1. The standard InChI is InChI=1S/C24H32O/c1-3-5-6-7-16-25-24-14-12-20(13-15-24)22-11-10-21-17-19(4-2)8-9-23(21)18-22/h10-15,18-19H,3-9,16-17H2,1-2H3. The van der Waals surface area contributed by atoms with Gasteiger partial charge in [-0.25, -0.2) is 0 Å². The molecule has 3 rings (SSSR count). The van der Waals surface area contributed by atoms with E-state index in [0.29, 0.717) is 0 Å². The Hall–Kier alpha value is -1.76. The van der Waals surface area contributed by atoms with Crippen molar-refractivity contribution in [1.29, 1.82) is 0 Å². The molecule has 0 spiro atoms. The highest BCUT2D eigenvalue weighted by molar-refractivity contribution is 5.65. The Morgan fingerprint density at radius 3 is 2.44 bits per heavy atom. The summed E-state index contributed by atoms with van der Waals surface area (Å²) in [4.78, 5) is 0. The van der Waals surface area contributed by atoms with Crippen LogP contribution in [-0.2, 0) is 12.8 Å². The lowest BCUT2D eigenvalue weighted by atomic mass is 9.81. The molecule has 1 aliphatic carbocycles. The number of rotatable bonds is 8. The molecule has 0 saturated heterocycles. The van der Waals surface area contributed by atoms with Crippen molar-refractivity contribution in [2.45, 2.75) is 65.2 Å². The van der Waals surface area contributed by atoms with Crippen LogP contribution in [0.25, 0.3) is 11.1 Å². The van der Waals surface area contributed by atoms with Gasteiger partial charge in [0.1, 0.15) is 5.75 Å². The van der Waals surface area contributed by atoms with Gasteiger partial charge in [0, 0.05) is 0 Å². The van der Waals surface area contributed by atoms with Crippen LogP contribution in [0, 0.1) is 5.92 Å². The van der Waals surface area contributed by atoms with Crippen molar-refractivity contribution in [3.8, 4) is 16.9 Å². The van der Waals surface area contributed by atoms with Crippen molar-refractivity contribution in [3.63, 3.8) is 0 Å². The SMILES string of the molecule is CCCCCCOc1ccc(-c2ccc3c(c2)CCC(CC)C3)cc1. The van der Waals surface area contributed by atoms with Gasteiger partial charge >= 0.3 is 0 Å². The first-order valence-corrected chi connectivity index (χ1v) is 10.1. The first-order valence-electron chi connectivity index (χ1n) is 10.1. The van der Waals surface area contributed by atoms with Crippen LogP contribution in [-0.4, -0.2) is 6.61 Å². The summed E-state index contributed by atoms with van der Waals surface area (Å²) in [7, 11) is 0. The van der Waals surface area contributed by atoms with Crippen LogP contribution in [0.4, 0.5) is 0 Å². The van der Waals surface area contributed by atoms with Gasteiger partial charge in [0.25, 0.3) is 0 Å². The zero-order valence-corrected chi connectivity index (χ0v) is 15.9. The third-order valence-electron chi connectivity index (χ3n) is 5.57. The Morgan fingerprint density at radius 2 is 1.68 bits per heavy atom. The Morgan fingerprint density at radius 1 is 0.880 bits per heavy atom. The average molecular weight is 337 g/mol. The highest BCUT2D eigenvalue weighted by Crippen LogP contribution is 2.31. The fourth-order valence-electron chi connectivity index (χ4n) is 3.82. The third-order valence-corrected chi connectivity index (χ3v) is 5.57. The lowest BCUT2D eigenvalue weighted by Gasteiger charge is -2.24. The van der Waals surface area contributed by atoms with E-state index in [9.17, 15) is 0 Å². The van der Waals surface area contributed by atoms with Crippen LogP contribution >= 0.6 is 0 Å². The molecule has 0 bridgehead atoms. The van der Waals surface area contributed by atoms with Gasteiger partial charge in [-0.1, -0.05) is 69.9 Å². The van der Waals surface area contributed by atoms with Crippen molar-refractivity contribution >= 4 is 0 Å². The first-order chi connectivity index (χ1) is 12.3. The number of hydrogen-bond donors (Lipinski definition) is 0. The second kappa shape index (κ2) is 9.08. The van der Waals surface area contributed by atoms with Gasteiger partial charge in [-0.2, -0.15) is 0 Å². The fourth-order valence-corrected chi connectivity index (χ4v) is 3.82. The zero-order chi connectivity index (χ0) is 17.5. The second-order valence-electron chi connectivity index (χ2n) is 7.43. The predicted molar refractivity (Wildman–Crippen MR) is 107 cm³/mol. The summed E-state index contributed by atoms with van der Waals surface area (Å²) in [6.45, 7) is 5.39. The monoisotopic (exact) mass is 336 g/mol. The summed E-state index contributed by atoms with van der Waals surface area (Å²) in [5.74, 6) is 1.87. The van der Waals surface area contributed by atoms with Crippen LogP contribution in [0.3, 0.4) is 0 Å². The second-order valence-corrected chi connectivity index (χ2v) is 7.43. The van der Waals surface area contributed by atoms with Crippen molar-refractivity contribution < 1.29 is 4.74 Å². The molecule has 1 unspecified atom stereocenters.